The van der Waals surface area contributed by atoms with E-state index in [1.54, 1.807) is 18.2 Å². The van der Waals surface area contributed by atoms with Crippen molar-refractivity contribution in [3.63, 3.8) is 0 Å². The van der Waals surface area contributed by atoms with Crippen LogP contribution in [0.1, 0.15) is 57.9 Å². The number of thioether (sulfide) groups is 1. The quantitative estimate of drug-likeness (QED) is 0.448. The highest BCUT2D eigenvalue weighted by Crippen LogP contribution is 2.33. The minimum absolute atomic E-state index is 0.0212. The van der Waals surface area contributed by atoms with Crippen molar-refractivity contribution in [3.8, 4) is 5.75 Å². The fourth-order valence-corrected chi connectivity index (χ4v) is 5.41. The fraction of sp³-hybridized carbons (Fsp3) is 0.393. The summed E-state index contributed by atoms with van der Waals surface area (Å²) in [5.41, 5.74) is 1.55. The van der Waals surface area contributed by atoms with Crippen LogP contribution in [0.25, 0.3) is 6.08 Å². The molecule has 1 saturated carbocycles. The van der Waals surface area contributed by atoms with Crippen molar-refractivity contribution < 1.29 is 18.7 Å². The summed E-state index contributed by atoms with van der Waals surface area (Å²) in [7, 11) is 0. The molecule has 1 heterocycles. The Balaban J connectivity index is 1.60. The van der Waals surface area contributed by atoms with E-state index in [2.05, 4.69) is 10.3 Å². The van der Waals surface area contributed by atoms with Gasteiger partial charge in [-0.05, 0) is 74.2 Å². The Labute approximate surface area is 216 Å². The minimum atomic E-state index is -0.381. The number of rotatable bonds is 8. The van der Waals surface area contributed by atoms with Crippen molar-refractivity contribution in [2.24, 2.45) is 4.99 Å². The number of amides is 2. The molecule has 1 atom stereocenters. The van der Waals surface area contributed by atoms with Crippen molar-refractivity contribution in [1.29, 1.82) is 0 Å². The molecule has 2 aromatic rings. The van der Waals surface area contributed by atoms with Gasteiger partial charge in [0.15, 0.2) is 5.17 Å². The van der Waals surface area contributed by atoms with Gasteiger partial charge in [-0.15, -0.1) is 0 Å². The number of aliphatic imine (C=N–C) groups is 1. The highest BCUT2D eigenvalue weighted by Gasteiger charge is 2.35. The van der Waals surface area contributed by atoms with Crippen molar-refractivity contribution >= 4 is 40.5 Å². The summed E-state index contributed by atoms with van der Waals surface area (Å²) in [5, 5.41) is 3.27. The SMILES string of the molecule is CCOc1ccc(N2C(=O)/C(=C\c3ccc(F)cc3)N=C2S[C@H](CC)C(=O)NC2CCCCC2)cc1. The summed E-state index contributed by atoms with van der Waals surface area (Å²) >= 11 is 1.30. The minimum Gasteiger partial charge on any atom is -0.494 e. The molecule has 0 spiro atoms. The Morgan fingerprint density at radius 1 is 1.14 bits per heavy atom. The standard InChI is InChI=1S/C28H32FN3O3S/c1-3-25(26(33)30-21-8-6-5-7-9-21)36-28-31-24(18-19-10-12-20(29)13-11-19)27(34)32(28)22-14-16-23(17-15-22)35-4-2/h10-18,21,25H,3-9H2,1-2H3,(H,30,33)/b24-18+/t25-/m1/s1. The molecule has 0 aromatic heterocycles. The number of hydrogen-bond donors (Lipinski definition) is 1. The normalized spacial score (nSPS) is 18.3. The lowest BCUT2D eigenvalue weighted by Crippen LogP contribution is -2.42. The lowest BCUT2D eigenvalue weighted by molar-refractivity contribution is -0.121. The molecule has 0 bridgehead atoms. The molecule has 4 rings (SSSR count). The molecule has 0 saturated heterocycles. The Bertz CT molecular complexity index is 1130. The van der Waals surface area contributed by atoms with Crippen molar-refractivity contribution in [1.82, 2.24) is 5.32 Å². The number of nitrogens with one attached hydrogen (secondary N) is 1. The molecule has 8 heteroatoms. The lowest BCUT2D eigenvalue weighted by Gasteiger charge is -2.26. The third-order valence-electron chi connectivity index (χ3n) is 6.27. The molecule has 0 radical (unpaired) electrons. The number of carbonyl (C=O) groups is 2. The summed E-state index contributed by atoms with van der Waals surface area (Å²) in [4.78, 5) is 32.8. The van der Waals surface area contributed by atoms with Gasteiger partial charge >= 0.3 is 0 Å². The van der Waals surface area contributed by atoms with Crippen molar-refractivity contribution in [2.75, 3.05) is 11.5 Å². The van der Waals surface area contributed by atoms with Gasteiger partial charge in [-0.1, -0.05) is 50.1 Å². The van der Waals surface area contributed by atoms with E-state index in [9.17, 15) is 14.0 Å². The largest absolute Gasteiger partial charge is 0.494 e. The van der Waals surface area contributed by atoms with Gasteiger partial charge in [0.1, 0.15) is 17.3 Å². The maximum atomic E-state index is 13.5. The van der Waals surface area contributed by atoms with E-state index < -0.39 is 0 Å². The number of carbonyl (C=O) groups excluding carboxylic acids is 2. The van der Waals surface area contributed by atoms with Gasteiger partial charge in [-0.2, -0.15) is 0 Å². The fourth-order valence-electron chi connectivity index (χ4n) is 4.37. The number of ether oxygens (including phenoxy) is 1. The van der Waals surface area contributed by atoms with Crippen molar-refractivity contribution in [3.05, 3.63) is 65.6 Å². The van der Waals surface area contributed by atoms with Crippen LogP contribution in [0.5, 0.6) is 5.75 Å². The molecule has 2 aromatic carbocycles. The van der Waals surface area contributed by atoms with Gasteiger partial charge in [0.25, 0.3) is 5.91 Å². The van der Waals surface area contributed by atoms with Crippen LogP contribution in [0, 0.1) is 5.82 Å². The highest BCUT2D eigenvalue weighted by molar-refractivity contribution is 8.15. The first-order chi connectivity index (χ1) is 17.5. The topological polar surface area (TPSA) is 71.0 Å². The second-order valence-corrected chi connectivity index (χ2v) is 10.1. The van der Waals surface area contributed by atoms with Crippen molar-refractivity contribution in [2.45, 2.75) is 63.7 Å². The zero-order chi connectivity index (χ0) is 25.5. The Morgan fingerprint density at radius 3 is 2.47 bits per heavy atom. The predicted octanol–water partition coefficient (Wildman–Crippen LogP) is 5.93. The number of amidine groups is 1. The van der Waals surface area contributed by atoms with Gasteiger partial charge in [0.2, 0.25) is 5.91 Å². The molecule has 2 aliphatic rings. The summed E-state index contributed by atoms with van der Waals surface area (Å²) in [6.07, 6.45) is 7.75. The Hall–Kier alpha value is -3.13. The van der Waals surface area contributed by atoms with E-state index in [4.69, 9.17) is 4.74 Å². The maximum Gasteiger partial charge on any atom is 0.283 e. The van der Waals surface area contributed by atoms with E-state index in [1.807, 2.05) is 38.1 Å². The summed E-state index contributed by atoms with van der Waals surface area (Å²) in [6.45, 7) is 4.42. The first kappa shape index (κ1) is 25.9. The molecule has 6 nitrogen and oxygen atoms in total. The molecule has 36 heavy (non-hydrogen) atoms. The van der Waals surface area contributed by atoms with Gasteiger partial charge in [-0.25, -0.2) is 9.38 Å². The second kappa shape index (κ2) is 12.2. The molecule has 1 aliphatic heterocycles. The summed E-state index contributed by atoms with van der Waals surface area (Å²) in [5.74, 6) is 0.0421. The van der Waals surface area contributed by atoms with Crippen LogP contribution < -0.4 is 15.0 Å². The van der Waals surface area contributed by atoms with Crippen LogP contribution in [0.4, 0.5) is 10.1 Å². The van der Waals surface area contributed by atoms with E-state index in [1.165, 1.54) is 35.2 Å². The molecule has 1 aliphatic carbocycles. The zero-order valence-electron chi connectivity index (χ0n) is 20.7. The molecule has 0 unspecified atom stereocenters. The van der Waals surface area contributed by atoms with Gasteiger partial charge in [0, 0.05) is 6.04 Å². The number of halogens is 1. The Kier molecular flexibility index (Phi) is 8.80. The summed E-state index contributed by atoms with van der Waals surface area (Å²) in [6, 6.07) is 13.3. The highest BCUT2D eigenvalue weighted by atomic mass is 32.2. The lowest BCUT2D eigenvalue weighted by atomic mass is 9.95. The number of nitrogens with zero attached hydrogens (tertiary/aromatic N) is 2. The smallest absolute Gasteiger partial charge is 0.283 e. The van der Waals surface area contributed by atoms with Crippen LogP contribution >= 0.6 is 11.8 Å². The molecular weight excluding hydrogens is 477 g/mol. The number of anilines is 1. The summed E-state index contributed by atoms with van der Waals surface area (Å²) < 4.78 is 18.9. The van der Waals surface area contributed by atoms with Gasteiger partial charge < -0.3 is 10.1 Å². The number of hydrogen-bond acceptors (Lipinski definition) is 5. The van der Waals surface area contributed by atoms with Crippen LogP contribution in [0.3, 0.4) is 0 Å². The maximum absolute atomic E-state index is 13.5. The van der Waals surface area contributed by atoms with Crippen LogP contribution in [-0.2, 0) is 9.59 Å². The van der Waals surface area contributed by atoms with E-state index in [0.29, 0.717) is 35.2 Å². The first-order valence-corrected chi connectivity index (χ1v) is 13.5. The molecule has 1 N–H and O–H groups in total. The second-order valence-electron chi connectivity index (χ2n) is 8.90. The predicted molar refractivity (Wildman–Crippen MR) is 144 cm³/mol. The average Bonchev–Trinajstić information content (AvgIpc) is 3.19. The van der Waals surface area contributed by atoms with Gasteiger partial charge in [0.05, 0.1) is 17.5 Å². The van der Waals surface area contributed by atoms with Crippen LogP contribution in [-0.4, -0.2) is 34.9 Å². The Morgan fingerprint density at radius 2 is 1.83 bits per heavy atom. The van der Waals surface area contributed by atoms with E-state index >= 15 is 0 Å². The molecular formula is C28H32FN3O3S. The molecule has 190 valence electrons. The third kappa shape index (κ3) is 6.35. The van der Waals surface area contributed by atoms with E-state index in [-0.39, 0.29) is 34.6 Å². The average molecular weight is 510 g/mol. The van der Waals surface area contributed by atoms with E-state index in [0.717, 1.165) is 25.7 Å². The van der Waals surface area contributed by atoms with Crippen LogP contribution in [0.2, 0.25) is 0 Å². The zero-order valence-corrected chi connectivity index (χ0v) is 21.5. The monoisotopic (exact) mass is 509 g/mol. The van der Waals surface area contributed by atoms with Gasteiger partial charge in [-0.3, -0.25) is 14.5 Å². The third-order valence-corrected chi connectivity index (χ3v) is 7.59. The van der Waals surface area contributed by atoms with Crippen LogP contribution in [0.15, 0.2) is 59.2 Å². The first-order valence-electron chi connectivity index (χ1n) is 12.6. The molecule has 2 amide bonds. The molecule has 1 fully saturated rings. The number of benzene rings is 2.